The van der Waals surface area contributed by atoms with Crippen LogP contribution in [0.2, 0.25) is 0 Å². The number of thiophene rings is 1. The lowest BCUT2D eigenvalue weighted by Crippen LogP contribution is -3.19. The molecule has 1 aromatic rings. The number of nitrogens with zero attached hydrogens (tertiary/aromatic N) is 1. The number of hydrogen-bond acceptors (Lipinski definition) is 4. The van der Waals surface area contributed by atoms with E-state index in [-0.39, 0.29) is 11.9 Å². The third-order valence-electron chi connectivity index (χ3n) is 4.38. The van der Waals surface area contributed by atoms with Crippen molar-refractivity contribution in [3.8, 4) is 0 Å². The van der Waals surface area contributed by atoms with Gasteiger partial charge in [-0.05, 0) is 31.2 Å². The van der Waals surface area contributed by atoms with Crippen LogP contribution in [0.3, 0.4) is 0 Å². The van der Waals surface area contributed by atoms with Gasteiger partial charge in [-0.3, -0.25) is 4.79 Å². The lowest BCUT2D eigenvalue weighted by Gasteiger charge is -2.33. The van der Waals surface area contributed by atoms with Gasteiger partial charge in [0.15, 0.2) is 6.04 Å². The van der Waals surface area contributed by atoms with Crippen LogP contribution in [-0.4, -0.2) is 56.9 Å². The summed E-state index contributed by atoms with van der Waals surface area (Å²) < 4.78 is 26.9. The van der Waals surface area contributed by atoms with E-state index < -0.39 is 10.0 Å². The van der Waals surface area contributed by atoms with Gasteiger partial charge in [0.25, 0.3) is 15.9 Å². The van der Waals surface area contributed by atoms with Crippen molar-refractivity contribution in [1.29, 1.82) is 0 Å². The molecule has 1 amide bonds. The number of quaternary nitrogens is 1. The van der Waals surface area contributed by atoms with E-state index in [4.69, 9.17) is 0 Å². The number of piperazine rings is 1. The number of sulfonamides is 1. The summed E-state index contributed by atoms with van der Waals surface area (Å²) in [7, 11) is -3.36. The molecule has 0 radical (unpaired) electrons. The SMILES string of the molecule is C[C@H](C(=O)NC1CC1)[NH+]1CCN(S(=O)(=O)c2cccs2)CC1. The zero-order chi connectivity index (χ0) is 15.7. The average molecular weight is 344 g/mol. The molecule has 6 nitrogen and oxygen atoms in total. The Labute approximate surface area is 135 Å². The molecule has 3 rings (SSSR count). The molecule has 1 atom stereocenters. The van der Waals surface area contributed by atoms with Crippen LogP contribution < -0.4 is 10.2 Å². The van der Waals surface area contributed by atoms with Gasteiger partial charge >= 0.3 is 0 Å². The molecule has 1 saturated carbocycles. The van der Waals surface area contributed by atoms with Crippen LogP contribution in [0.4, 0.5) is 0 Å². The van der Waals surface area contributed by atoms with Crippen LogP contribution in [0.15, 0.2) is 21.7 Å². The molecule has 2 fully saturated rings. The molecular weight excluding hydrogens is 322 g/mol. The zero-order valence-electron chi connectivity index (χ0n) is 12.6. The summed E-state index contributed by atoms with van der Waals surface area (Å²) in [6.07, 6.45) is 2.17. The molecule has 22 heavy (non-hydrogen) atoms. The maximum absolute atomic E-state index is 12.5. The minimum absolute atomic E-state index is 0.0899. The van der Waals surface area contributed by atoms with Gasteiger partial charge in [-0.15, -0.1) is 11.3 Å². The molecule has 0 unspecified atom stereocenters. The third-order valence-corrected chi connectivity index (χ3v) is 7.65. The Hall–Kier alpha value is -0.960. The van der Waals surface area contributed by atoms with Crippen molar-refractivity contribution in [2.75, 3.05) is 26.2 Å². The van der Waals surface area contributed by atoms with E-state index in [1.54, 1.807) is 17.5 Å². The molecule has 0 spiro atoms. The Kier molecular flexibility index (Phi) is 4.54. The van der Waals surface area contributed by atoms with Crippen molar-refractivity contribution >= 4 is 27.3 Å². The van der Waals surface area contributed by atoms with Gasteiger partial charge < -0.3 is 10.2 Å². The number of rotatable bonds is 5. The van der Waals surface area contributed by atoms with Gasteiger partial charge in [-0.25, -0.2) is 8.42 Å². The van der Waals surface area contributed by atoms with Crippen molar-refractivity contribution < 1.29 is 18.1 Å². The molecular formula is C14H22N3O3S2+. The standard InChI is InChI=1S/C14H21N3O3S2/c1-11(14(18)15-12-4-5-12)16-6-8-17(9-7-16)22(19,20)13-3-2-10-21-13/h2-3,10-12H,4-9H2,1H3,(H,15,18)/p+1/t11-/m1/s1. The van der Waals surface area contributed by atoms with Crippen molar-refractivity contribution in [2.24, 2.45) is 0 Å². The Bertz CT molecular complexity index is 618. The van der Waals surface area contributed by atoms with Crippen LogP contribution in [0.1, 0.15) is 19.8 Å². The normalized spacial score (nSPS) is 22.4. The van der Waals surface area contributed by atoms with E-state index in [1.165, 1.54) is 15.6 Å². The lowest BCUT2D eigenvalue weighted by atomic mass is 10.2. The first-order valence-electron chi connectivity index (χ1n) is 7.67. The molecule has 0 bridgehead atoms. The van der Waals surface area contributed by atoms with E-state index in [9.17, 15) is 13.2 Å². The third kappa shape index (κ3) is 3.34. The number of hydrogen-bond donors (Lipinski definition) is 2. The van der Waals surface area contributed by atoms with E-state index in [0.717, 1.165) is 17.7 Å². The van der Waals surface area contributed by atoms with Crippen LogP contribution in [0, 0.1) is 0 Å². The molecule has 2 aliphatic rings. The molecule has 1 aliphatic heterocycles. The fourth-order valence-corrected chi connectivity index (χ4v) is 5.31. The highest BCUT2D eigenvalue weighted by Crippen LogP contribution is 2.21. The van der Waals surface area contributed by atoms with Gasteiger partial charge in [-0.1, -0.05) is 6.07 Å². The van der Waals surface area contributed by atoms with Crippen LogP contribution in [0.5, 0.6) is 0 Å². The first-order chi connectivity index (χ1) is 10.5. The largest absolute Gasteiger partial charge is 0.348 e. The summed E-state index contributed by atoms with van der Waals surface area (Å²) in [5.74, 6) is 0.0899. The Morgan fingerprint density at radius 1 is 1.41 bits per heavy atom. The highest BCUT2D eigenvalue weighted by Gasteiger charge is 2.36. The lowest BCUT2D eigenvalue weighted by molar-refractivity contribution is -0.917. The molecule has 1 aliphatic carbocycles. The smallest absolute Gasteiger partial charge is 0.278 e. The fourth-order valence-electron chi connectivity index (χ4n) is 2.72. The average Bonchev–Trinajstić information content (AvgIpc) is 3.15. The zero-order valence-corrected chi connectivity index (χ0v) is 14.3. The number of carbonyl (C=O) groups excluding carboxylic acids is 1. The van der Waals surface area contributed by atoms with Gasteiger partial charge in [0, 0.05) is 6.04 Å². The van der Waals surface area contributed by atoms with E-state index in [0.29, 0.717) is 36.4 Å². The summed E-state index contributed by atoms with van der Waals surface area (Å²) in [5.41, 5.74) is 0. The minimum atomic E-state index is -3.36. The van der Waals surface area contributed by atoms with Gasteiger partial charge in [-0.2, -0.15) is 4.31 Å². The van der Waals surface area contributed by atoms with Crippen LogP contribution >= 0.6 is 11.3 Å². The highest BCUT2D eigenvalue weighted by atomic mass is 32.2. The number of nitrogens with one attached hydrogen (secondary N) is 2. The predicted molar refractivity (Wildman–Crippen MR) is 84.4 cm³/mol. The summed E-state index contributed by atoms with van der Waals surface area (Å²) in [6.45, 7) is 4.21. The summed E-state index contributed by atoms with van der Waals surface area (Å²) in [4.78, 5) is 13.3. The van der Waals surface area contributed by atoms with E-state index in [1.807, 2.05) is 6.92 Å². The molecule has 1 saturated heterocycles. The van der Waals surface area contributed by atoms with Crippen molar-refractivity contribution in [2.45, 2.75) is 36.1 Å². The van der Waals surface area contributed by atoms with Gasteiger partial charge in [0.05, 0.1) is 26.2 Å². The Morgan fingerprint density at radius 2 is 2.09 bits per heavy atom. The fraction of sp³-hybridized carbons (Fsp3) is 0.643. The Morgan fingerprint density at radius 3 is 2.64 bits per heavy atom. The molecule has 2 heterocycles. The Balaban J connectivity index is 1.57. The molecule has 122 valence electrons. The summed E-state index contributed by atoms with van der Waals surface area (Å²) in [5, 5.41) is 4.80. The number of amides is 1. The second kappa shape index (κ2) is 6.27. The van der Waals surface area contributed by atoms with Gasteiger partial charge in [0.1, 0.15) is 4.21 Å². The maximum Gasteiger partial charge on any atom is 0.278 e. The first kappa shape index (κ1) is 15.9. The maximum atomic E-state index is 12.5. The second-order valence-corrected chi connectivity index (χ2v) is 9.11. The van der Waals surface area contributed by atoms with Gasteiger partial charge in [0.2, 0.25) is 0 Å². The summed E-state index contributed by atoms with van der Waals surface area (Å²) in [6, 6.07) is 3.65. The quantitative estimate of drug-likeness (QED) is 0.742. The first-order valence-corrected chi connectivity index (χ1v) is 9.99. The summed E-state index contributed by atoms with van der Waals surface area (Å²) >= 11 is 1.25. The van der Waals surface area contributed by atoms with Crippen molar-refractivity contribution in [3.63, 3.8) is 0 Å². The molecule has 2 N–H and O–H groups in total. The number of carbonyl (C=O) groups is 1. The van der Waals surface area contributed by atoms with E-state index >= 15 is 0 Å². The topological polar surface area (TPSA) is 70.9 Å². The second-order valence-electron chi connectivity index (χ2n) is 6.00. The van der Waals surface area contributed by atoms with E-state index in [2.05, 4.69) is 5.32 Å². The van der Waals surface area contributed by atoms with Crippen LogP contribution in [0.25, 0.3) is 0 Å². The van der Waals surface area contributed by atoms with Crippen molar-refractivity contribution in [3.05, 3.63) is 17.5 Å². The minimum Gasteiger partial charge on any atom is -0.348 e. The predicted octanol–water partition coefficient (Wildman–Crippen LogP) is -0.696. The monoisotopic (exact) mass is 344 g/mol. The highest BCUT2D eigenvalue weighted by molar-refractivity contribution is 7.91. The molecule has 0 aromatic carbocycles. The molecule has 1 aromatic heterocycles. The van der Waals surface area contributed by atoms with Crippen molar-refractivity contribution in [1.82, 2.24) is 9.62 Å². The molecule has 8 heteroatoms. The van der Waals surface area contributed by atoms with Crippen LogP contribution in [-0.2, 0) is 14.8 Å².